The summed E-state index contributed by atoms with van der Waals surface area (Å²) in [7, 11) is 0. The molecule has 1 aliphatic carbocycles. The molecule has 0 bridgehead atoms. The summed E-state index contributed by atoms with van der Waals surface area (Å²) in [5.41, 5.74) is 0.551. The van der Waals surface area contributed by atoms with Gasteiger partial charge in [-0.15, -0.1) is 0 Å². The Hall–Kier alpha value is 0.310. The summed E-state index contributed by atoms with van der Waals surface area (Å²) >= 11 is 2.14. The van der Waals surface area contributed by atoms with Crippen LogP contribution in [0.1, 0.15) is 52.4 Å². The zero-order valence-electron chi connectivity index (χ0n) is 10.2. The third kappa shape index (κ3) is 3.67. The highest BCUT2D eigenvalue weighted by atomic mass is 32.2. The first-order valence-electron chi connectivity index (χ1n) is 6.49. The minimum absolute atomic E-state index is 0.551. The lowest BCUT2D eigenvalue weighted by atomic mass is 9.86. The SMILES string of the molecule is CC1(C)CSCC(NC2CCCCC2)C1. The van der Waals surface area contributed by atoms with Crippen molar-refractivity contribution < 1.29 is 0 Å². The van der Waals surface area contributed by atoms with Crippen LogP contribution in [0.15, 0.2) is 0 Å². The van der Waals surface area contributed by atoms with Gasteiger partial charge in [-0.05, 0) is 30.4 Å². The minimum Gasteiger partial charge on any atom is -0.310 e. The summed E-state index contributed by atoms with van der Waals surface area (Å²) in [5.74, 6) is 2.68. The van der Waals surface area contributed by atoms with E-state index in [1.54, 1.807) is 0 Å². The van der Waals surface area contributed by atoms with E-state index in [9.17, 15) is 0 Å². The molecule has 0 spiro atoms. The van der Waals surface area contributed by atoms with Crippen LogP contribution in [-0.4, -0.2) is 23.6 Å². The first kappa shape index (κ1) is 11.8. The van der Waals surface area contributed by atoms with Crippen molar-refractivity contribution in [3.8, 4) is 0 Å². The molecule has 0 aromatic rings. The molecule has 1 unspecified atom stereocenters. The largest absolute Gasteiger partial charge is 0.310 e. The third-order valence-electron chi connectivity index (χ3n) is 3.69. The standard InChI is InChI=1S/C13H25NS/c1-13(2)8-12(9-15-10-13)14-11-6-4-3-5-7-11/h11-12,14H,3-10H2,1-2H3. The van der Waals surface area contributed by atoms with Crippen LogP contribution in [-0.2, 0) is 0 Å². The van der Waals surface area contributed by atoms with E-state index >= 15 is 0 Å². The van der Waals surface area contributed by atoms with Crippen LogP contribution in [0.2, 0.25) is 0 Å². The normalized spacial score (nSPS) is 32.8. The van der Waals surface area contributed by atoms with Crippen molar-refractivity contribution in [3.63, 3.8) is 0 Å². The lowest BCUT2D eigenvalue weighted by Crippen LogP contribution is -2.45. The molecule has 0 aromatic carbocycles. The van der Waals surface area contributed by atoms with Gasteiger partial charge in [0.15, 0.2) is 0 Å². The van der Waals surface area contributed by atoms with Gasteiger partial charge >= 0.3 is 0 Å². The maximum atomic E-state index is 3.89. The molecule has 2 heteroatoms. The lowest BCUT2D eigenvalue weighted by Gasteiger charge is -2.38. The molecule has 1 heterocycles. The van der Waals surface area contributed by atoms with Crippen LogP contribution in [0.25, 0.3) is 0 Å². The number of nitrogens with one attached hydrogen (secondary N) is 1. The smallest absolute Gasteiger partial charge is 0.0166 e. The Morgan fingerprint density at radius 3 is 2.47 bits per heavy atom. The van der Waals surface area contributed by atoms with Gasteiger partial charge in [-0.1, -0.05) is 33.1 Å². The monoisotopic (exact) mass is 227 g/mol. The third-order valence-corrected chi connectivity index (χ3v) is 5.31. The molecule has 2 aliphatic rings. The quantitative estimate of drug-likeness (QED) is 0.775. The minimum atomic E-state index is 0.551. The second-order valence-electron chi connectivity index (χ2n) is 6.08. The number of thioether (sulfide) groups is 1. The molecule has 1 aliphatic heterocycles. The highest BCUT2D eigenvalue weighted by molar-refractivity contribution is 7.99. The van der Waals surface area contributed by atoms with E-state index in [0.717, 1.165) is 12.1 Å². The van der Waals surface area contributed by atoms with Gasteiger partial charge in [0.2, 0.25) is 0 Å². The molecule has 1 saturated heterocycles. The number of rotatable bonds is 2. The first-order valence-corrected chi connectivity index (χ1v) is 7.65. The predicted octanol–water partition coefficient (Wildman–Crippen LogP) is 3.44. The van der Waals surface area contributed by atoms with Crippen molar-refractivity contribution >= 4 is 11.8 Å². The van der Waals surface area contributed by atoms with Crippen LogP contribution in [0.5, 0.6) is 0 Å². The molecule has 1 nitrogen and oxygen atoms in total. The van der Waals surface area contributed by atoms with Crippen molar-refractivity contribution in [3.05, 3.63) is 0 Å². The molecule has 2 fully saturated rings. The maximum Gasteiger partial charge on any atom is 0.0166 e. The second kappa shape index (κ2) is 5.09. The summed E-state index contributed by atoms with van der Waals surface area (Å²) in [6, 6.07) is 1.61. The average molecular weight is 227 g/mol. The van der Waals surface area contributed by atoms with E-state index in [0.29, 0.717) is 5.41 Å². The molecule has 0 aromatic heterocycles. The van der Waals surface area contributed by atoms with Gasteiger partial charge in [0, 0.05) is 17.8 Å². The van der Waals surface area contributed by atoms with Gasteiger partial charge in [-0.3, -0.25) is 0 Å². The van der Waals surface area contributed by atoms with E-state index in [1.807, 2.05) is 0 Å². The van der Waals surface area contributed by atoms with Crippen molar-refractivity contribution in [1.82, 2.24) is 5.32 Å². The fourth-order valence-electron chi connectivity index (χ4n) is 2.97. The fourth-order valence-corrected chi connectivity index (χ4v) is 4.26. The topological polar surface area (TPSA) is 12.0 Å². The van der Waals surface area contributed by atoms with Crippen LogP contribution in [0.4, 0.5) is 0 Å². The lowest BCUT2D eigenvalue weighted by molar-refractivity contribution is 0.274. The van der Waals surface area contributed by atoms with Gasteiger partial charge < -0.3 is 5.32 Å². The van der Waals surface area contributed by atoms with E-state index in [4.69, 9.17) is 0 Å². The molecule has 1 N–H and O–H groups in total. The molecular formula is C13H25NS. The maximum absolute atomic E-state index is 3.89. The molecule has 88 valence electrons. The summed E-state index contributed by atoms with van der Waals surface area (Å²) < 4.78 is 0. The van der Waals surface area contributed by atoms with Gasteiger partial charge in [0.05, 0.1) is 0 Å². The van der Waals surface area contributed by atoms with E-state index in [-0.39, 0.29) is 0 Å². The Balaban J connectivity index is 1.78. The second-order valence-corrected chi connectivity index (χ2v) is 7.11. The van der Waals surface area contributed by atoms with Crippen molar-refractivity contribution in [2.24, 2.45) is 5.41 Å². The zero-order chi connectivity index (χ0) is 10.7. The zero-order valence-corrected chi connectivity index (χ0v) is 11.0. The molecule has 1 atom stereocenters. The summed E-state index contributed by atoms with van der Waals surface area (Å²) in [6.45, 7) is 4.82. The van der Waals surface area contributed by atoms with Crippen LogP contribution in [0, 0.1) is 5.41 Å². The first-order chi connectivity index (χ1) is 7.16. The Morgan fingerprint density at radius 1 is 1.07 bits per heavy atom. The van der Waals surface area contributed by atoms with E-state index in [2.05, 4.69) is 30.9 Å². The molecule has 15 heavy (non-hydrogen) atoms. The highest BCUT2D eigenvalue weighted by Gasteiger charge is 2.29. The number of hydrogen-bond acceptors (Lipinski definition) is 2. The van der Waals surface area contributed by atoms with Crippen molar-refractivity contribution in [2.75, 3.05) is 11.5 Å². The van der Waals surface area contributed by atoms with Crippen molar-refractivity contribution in [1.29, 1.82) is 0 Å². The molecular weight excluding hydrogens is 202 g/mol. The average Bonchev–Trinajstić information content (AvgIpc) is 2.17. The summed E-state index contributed by atoms with van der Waals surface area (Å²) in [6.07, 6.45) is 8.56. The van der Waals surface area contributed by atoms with Crippen LogP contribution >= 0.6 is 11.8 Å². The Bertz CT molecular complexity index is 197. The van der Waals surface area contributed by atoms with Gasteiger partial charge in [-0.2, -0.15) is 11.8 Å². The predicted molar refractivity (Wildman–Crippen MR) is 69.5 cm³/mol. The molecule has 1 saturated carbocycles. The van der Waals surface area contributed by atoms with E-state index in [1.165, 1.54) is 50.0 Å². The Morgan fingerprint density at radius 2 is 1.80 bits per heavy atom. The molecule has 0 amide bonds. The van der Waals surface area contributed by atoms with Crippen molar-refractivity contribution in [2.45, 2.75) is 64.5 Å². The Labute approximate surface area is 98.8 Å². The van der Waals surface area contributed by atoms with Gasteiger partial charge in [0.25, 0.3) is 0 Å². The summed E-state index contributed by atoms with van der Waals surface area (Å²) in [4.78, 5) is 0. The van der Waals surface area contributed by atoms with Crippen LogP contribution in [0.3, 0.4) is 0 Å². The van der Waals surface area contributed by atoms with Gasteiger partial charge in [0.1, 0.15) is 0 Å². The summed E-state index contributed by atoms with van der Waals surface area (Å²) in [5, 5.41) is 3.89. The highest BCUT2D eigenvalue weighted by Crippen LogP contribution is 2.34. The fraction of sp³-hybridized carbons (Fsp3) is 1.00. The Kier molecular flexibility index (Phi) is 4.00. The van der Waals surface area contributed by atoms with E-state index < -0.39 is 0 Å². The van der Waals surface area contributed by atoms with Gasteiger partial charge in [-0.25, -0.2) is 0 Å². The van der Waals surface area contributed by atoms with Crippen LogP contribution < -0.4 is 5.32 Å². The molecule has 2 rings (SSSR count). The number of hydrogen-bond donors (Lipinski definition) is 1. The molecule has 0 radical (unpaired) electrons.